The van der Waals surface area contributed by atoms with Crippen LogP contribution in [-0.4, -0.2) is 27.6 Å². The fourth-order valence-corrected chi connectivity index (χ4v) is 1.91. The Balaban J connectivity index is 2.78. The number of carbonyl (C=O) groups excluding carboxylic acids is 1. The normalized spacial score (nSPS) is 11.1. The monoisotopic (exact) mass is 329 g/mol. The molecule has 0 radical (unpaired) electrons. The molecule has 0 saturated carbocycles. The predicted octanol–water partition coefficient (Wildman–Crippen LogP) is 2.53. The Kier molecular flexibility index (Phi) is 4.94. The van der Waals surface area contributed by atoms with E-state index in [9.17, 15) is 14.7 Å². The second-order valence-electron chi connectivity index (χ2n) is 4.89. The predicted molar refractivity (Wildman–Crippen MR) is 74.2 cm³/mol. The summed E-state index contributed by atoms with van der Waals surface area (Å²) < 4.78 is 0.679. The number of rotatable bonds is 5. The average molecular weight is 330 g/mol. The molecule has 0 bridgehead atoms. The molecule has 19 heavy (non-hydrogen) atoms. The first-order chi connectivity index (χ1) is 8.71. The number of aromatic hydroxyl groups is 1. The Bertz CT molecular complexity index is 499. The van der Waals surface area contributed by atoms with Gasteiger partial charge >= 0.3 is 5.97 Å². The van der Waals surface area contributed by atoms with Crippen LogP contribution in [0.15, 0.2) is 22.7 Å². The molecule has 1 amide bonds. The summed E-state index contributed by atoms with van der Waals surface area (Å²) in [6.45, 7) is 3.48. The van der Waals surface area contributed by atoms with Gasteiger partial charge in [-0.3, -0.25) is 9.59 Å². The van der Waals surface area contributed by atoms with Crippen molar-refractivity contribution >= 4 is 27.8 Å². The van der Waals surface area contributed by atoms with E-state index < -0.39 is 17.4 Å². The minimum Gasteiger partial charge on any atom is -0.507 e. The van der Waals surface area contributed by atoms with Crippen LogP contribution in [0.4, 0.5) is 0 Å². The van der Waals surface area contributed by atoms with Gasteiger partial charge in [-0.15, -0.1) is 0 Å². The molecule has 1 aromatic rings. The van der Waals surface area contributed by atoms with Crippen LogP contribution in [-0.2, 0) is 4.79 Å². The summed E-state index contributed by atoms with van der Waals surface area (Å²) in [5.41, 5.74) is -0.512. The van der Waals surface area contributed by atoms with Crippen LogP contribution in [0, 0.1) is 0 Å². The number of carboxylic acids is 1. The molecule has 6 heteroatoms. The summed E-state index contributed by atoms with van der Waals surface area (Å²) in [5, 5.41) is 21.0. The third-order valence-corrected chi connectivity index (χ3v) is 3.11. The zero-order valence-corrected chi connectivity index (χ0v) is 12.3. The molecule has 0 aromatic heterocycles. The maximum atomic E-state index is 12.0. The molecule has 0 saturated heterocycles. The Hall–Kier alpha value is -1.56. The van der Waals surface area contributed by atoms with Gasteiger partial charge in [-0.05, 0) is 38.5 Å². The third-order valence-electron chi connectivity index (χ3n) is 2.62. The zero-order chi connectivity index (χ0) is 14.6. The molecule has 0 heterocycles. The van der Waals surface area contributed by atoms with Crippen molar-refractivity contribution in [1.29, 1.82) is 0 Å². The van der Waals surface area contributed by atoms with E-state index >= 15 is 0 Å². The lowest BCUT2D eigenvalue weighted by molar-refractivity contribution is -0.137. The van der Waals surface area contributed by atoms with Gasteiger partial charge in [-0.2, -0.15) is 0 Å². The van der Waals surface area contributed by atoms with Crippen molar-refractivity contribution in [3.8, 4) is 5.75 Å². The summed E-state index contributed by atoms with van der Waals surface area (Å²) in [6, 6.07) is 4.56. The highest BCUT2D eigenvalue weighted by Gasteiger charge is 2.23. The van der Waals surface area contributed by atoms with Gasteiger partial charge in [0, 0.05) is 16.4 Å². The van der Waals surface area contributed by atoms with Crippen molar-refractivity contribution < 1.29 is 19.8 Å². The number of carboxylic acid groups (broad SMARTS) is 1. The lowest BCUT2D eigenvalue weighted by atomic mass is 9.97. The zero-order valence-electron chi connectivity index (χ0n) is 10.7. The Morgan fingerprint density at radius 3 is 2.58 bits per heavy atom. The molecule has 0 spiro atoms. The number of phenols is 1. The molecule has 3 N–H and O–H groups in total. The minimum absolute atomic E-state index is 0.0300. The molecule has 104 valence electrons. The van der Waals surface area contributed by atoms with E-state index in [2.05, 4.69) is 21.2 Å². The maximum absolute atomic E-state index is 12.0. The first-order valence-electron chi connectivity index (χ1n) is 5.74. The fraction of sp³-hybridized carbons (Fsp3) is 0.385. The first-order valence-corrected chi connectivity index (χ1v) is 6.53. The average Bonchev–Trinajstić information content (AvgIpc) is 2.29. The fourth-order valence-electron chi connectivity index (χ4n) is 1.55. The number of hydrogen-bond acceptors (Lipinski definition) is 3. The van der Waals surface area contributed by atoms with Crippen molar-refractivity contribution in [2.45, 2.75) is 32.2 Å². The molecule has 0 aliphatic heterocycles. The van der Waals surface area contributed by atoms with E-state index in [1.807, 2.05) is 0 Å². The molecule has 1 aromatic carbocycles. The van der Waals surface area contributed by atoms with Crippen molar-refractivity contribution in [2.24, 2.45) is 0 Å². The van der Waals surface area contributed by atoms with Crippen LogP contribution in [0.1, 0.15) is 37.0 Å². The van der Waals surface area contributed by atoms with Gasteiger partial charge in [0.25, 0.3) is 5.91 Å². The van der Waals surface area contributed by atoms with Crippen LogP contribution < -0.4 is 5.32 Å². The molecule has 0 aliphatic carbocycles. The third kappa shape index (κ3) is 4.90. The molecule has 0 fully saturated rings. The maximum Gasteiger partial charge on any atom is 0.303 e. The van der Waals surface area contributed by atoms with Gasteiger partial charge in [0.1, 0.15) is 5.75 Å². The molecule has 0 aliphatic rings. The van der Waals surface area contributed by atoms with Gasteiger partial charge in [0.05, 0.1) is 5.56 Å². The van der Waals surface area contributed by atoms with Crippen LogP contribution in [0.2, 0.25) is 0 Å². The van der Waals surface area contributed by atoms with Crippen LogP contribution >= 0.6 is 15.9 Å². The van der Waals surface area contributed by atoms with E-state index in [-0.39, 0.29) is 17.7 Å². The van der Waals surface area contributed by atoms with E-state index in [0.29, 0.717) is 10.9 Å². The SMILES string of the molecule is CC(C)(CCC(=O)O)NC(=O)c1cc(Br)ccc1O. The topological polar surface area (TPSA) is 86.6 Å². The molecule has 1 rings (SSSR count). The number of aliphatic carboxylic acids is 1. The van der Waals surface area contributed by atoms with Gasteiger partial charge < -0.3 is 15.5 Å². The lowest BCUT2D eigenvalue weighted by Crippen LogP contribution is -2.43. The van der Waals surface area contributed by atoms with Gasteiger partial charge in [-0.25, -0.2) is 0 Å². The molecular weight excluding hydrogens is 314 g/mol. The largest absolute Gasteiger partial charge is 0.507 e. The highest BCUT2D eigenvalue weighted by atomic mass is 79.9. The smallest absolute Gasteiger partial charge is 0.303 e. The van der Waals surface area contributed by atoms with Crippen LogP contribution in [0.5, 0.6) is 5.75 Å². The molecule has 0 unspecified atom stereocenters. The van der Waals surface area contributed by atoms with Crippen molar-refractivity contribution in [3.05, 3.63) is 28.2 Å². The van der Waals surface area contributed by atoms with Gasteiger partial charge in [-0.1, -0.05) is 15.9 Å². The lowest BCUT2D eigenvalue weighted by Gasteiger charge is -2.25. The Labute approximate surface area is 119 Å². The van der Waals surface area contributed by atoms with E-state index in [0.717, 1.165) is 0 Å². The number of amides is 1. The molecule has 5 nitrogen and oxygen atoms in total. The number of carbonyl (C=O) groups is 2. The summed E-state index contributed by atoms with van der Waals surface area (Å²) >= 11 is 3.23. The highest BCUT2D eigenvalue weighted by Crippen LogP contribution is 2.23. The van der Waals surface area contributed by atoms with Crippen LogP contribution in [0.25, 0.3) is 0 Å². The quantitative estimate of drug-likeness (QED) is 0.774. The number of hydrogen-bond donors (Lipinski definition) is 3. The number of nitrogens with one attached hydrogen (secondary N) is 1. The second kappa shape index (κ2) is 6.06. The second-order valence-corrected chi connectivity index (χ2v) is 5.81. The van der Waals surface area contributed by atoms with Crippen LogP contribution in [0.3, 0.4) is 0 Å². The van der Waals surface area contributed by atoms with Gasteiger partial charge in [0.15, 0.2) is 0 Å². The van der Waals surface area contributed by atoms with Crippen molar-refractivity contribution in [1.82, 2.24) is 5.32 Å². The summed E-state index contributed by atoms with van der Waals surface area (Å²) in [6.07, 6.45) is 0.278. The Morgan fingerprint density at radius 1 is 1.37 bits per heavy atom. The summed E-state index contributed by atoms with van der Waals surface area (Å²) in [5.74, 6) is -1.46. The van der Waals surface area contributed by atoms with Gasteiger partial charge in [0.2, 0.25) is 0 Å². The first kappa shape index (κ1) is 15.5. The minimum atomic E-state index is -0.910. The van der Waals surface area contributed by atoms with Crippen molar-refractivity contribution in [3.63, 3.8) is 0 Å². The standard InChI is InChI=1S/C13H16BrNO4/c1-13(2,6-5-11(17)18)15-12(19)9-7-8(14)3-4-10(9)16/h3-4,7,16H,5-6H2,1-2H3,(H,15,19)(H,17,18). The summed E-state index contributed by atoms with van der Waals surface area (Å²) in [4.78, 5) is 22.6. The highest BCUT2D eigenvalue weighted by molar-refractivity contribution is 9.10. The molecular formula is C13H16BrNO4. The van der Waals surface area contributed by atoms with E-state index in [1.165, 1.54) is 12.1 Å². The number of halogens is 1. The number of benzene rings is 1. The van der Waals surface area contributed by atoms with Crippen molar-refractivity contribution in [2.75, 3.05) is 0 Å². The summed E-state index contributed by atoms with van der Waals surface area (Å²) in [7, 11) is 0. The van der Waals surface area contributed by atoms with E-state index in [4.69, 9.17) is 5.11 Å². The molecule has 0 atom stereocenters. The van der Waals surface area contributed by atoms with E-state index in [1.54, 1.807) is 19.9 Å². The number of phenolic OH excluding ortho intramolecular Hbond substituents is 1. The Morgan fingerprint density at radius 2 is 2.00 bits per heavy atom.